The van der Waals surface area contributed by atoms with Gasteiger partial charge in [0.25, 0.3) is 0 Å². The van der Waals surface area contributed by atoms with Gasteiger partial charge in [0.1, 0.15) is 5.75 Å². The third kappa shape index (κ3) is 4.53. The van der Waals surface area contributed by atoms with Crippen LogP contribution in [0.2, 0.25) is 0 Å². The molecular weight excluding hydrogens is 352 g/mol. The second kappa shape index (κ2) is 8.91. The van der Waals surface area contributed by atoms with Crippen molar-refractivity contribution in [1.29, 1.82) is 0 Å². The summed E-state index contributed by atoms with van der Waals surface area (Å²) in [5.41, 5.74) is 2.82. The van der Waals surface area contributed by atoms with Gasteiger partial charge in [0.15, 0.2) is 0 Å². The van der Waals surface area contributed by atoms with Gasteiger partial charge in [0.05, 0.1) is 12.5 Å². The molecule has 148 valence electrons. The van der Waals surface area contributed by atoms with Crippen LogP contribution in [0.4, 0.5) is 11.4 Å². The minimum Gasteiger partial charge on any atom is -0.494 e. The predicted octanol–water partition coefficient (Wildman–Crippen LogP) is 4.59. The lowest BCUT2D eigenvalue weighted by molar-refractivity contribution is -0.122. The summed E-state index contributed by atoms with van der Waals surface area (Å²) in [5.74, 6) is 0.774. The maximum atomic E-state index is 12.6. The van der Waals surface area contributed by atoms with Crippen molar-refractivity contribution in [2.45, 2.75) is 39.5 Å². The molecule has 3 rings (SSSR count). The van der Waals surface area contributed by atoms with Crippen LogP contribution in [0, 0.1) is 5.92 Å². The molecule has 5 nitrogen and oxygen atoms in total. The van der Waals surface area contributed by atoms with Crippen LogP contribution in [0.15, 0.2) is 48.5 Å². The summed E-state index contributed by atoms with van der Waals surface area (Å²) < 4.78 is 5.44. The second-order valence-corrected chi connectivity index (χ2v) is 7.25. The first-order valence-corrected chi connectivity index (χ1v) is 9.95. The molecule has 0 unspecified atom stereocenters. The van der Waals surface area contributed by atoms with Gasteiger partial charge in [0, 0.05) is 24.3 Å². The van der Waals surface area contributed by atoms with E-state index in [0.29, 0.717) is 19.1 Å². The predicted molar refractivity (Wildman–Crippen MR) is 112 cm³/mol. The number of amides is 2. The van der Waals surface area contributed by atoms with E-state index in [-0.39, 0.29) is 24.2 Å². The SMILES string of the molecule is CCOc1ccc(N2C[C@@H](C(=O)Nc3ccc([C@@H](C)CC)cc3)CC2=O)cc1. The molecule has 2 aromatic rings. The van der Waals surface area contributed by atoms with E-state index in [1.807, 2.05) is 43.3 Å². The van der Waals surface area contributed by atoms with Crippen molar-refractivity contribution in [2.75, 3.05) is 23.4 Å². The van der Waals surface area contributed by atoms with E-state index in [1.165, 1.54) is 5.56 Å². The topological polar surface area (TPSA) is 58.6 Å². The number of nitrogens with one attached hydrogen (secondary N) is 1. The monoisotopic (exact) mass is 380 g/mol. The zero-order valence-electron chi connectivity index (χ0n) is 16.8. The molecule has 0 spiro atoms. The lowest BCUT2D eigenvalue weighted by Crippen LogP contribution is -2.28. The summed E-state index contributed by atoms with van der Waals surface area (Å²) in [6.07, 6.45) is 1.31. The van der Waals surface area contributed by atoms with Crippen LogP contribution >= 0.6 is 0 Å². The van der Waals surface area contributed by atoms with E-state index in [4.69, 9.17) is 4.74 Å². The zero-order chi connectivity index (χ0) is 20.1. The lowest BCUT2D eigenvalue weighted by Gasteiger charge is -2.17. The Kier molecular flexibility index (Phi) is 6.34. The Labute approximate surface area is 166 Å². The van der Waals surface area contributed by atoms with Crippen LogP contribution in [0.5, 0.6) is 5.75 Å². The van der Waals surface area contributed by atoms with Gasteiger partial charge in [-0.1, -0.05) is 26.0 Å². The van der Waals surface area contributed by atoms with Gasteiger partial charge >= 0.3 is 0 Å². The maximum absolute atomic E-state index is 12.6. The van der Waals surface area contributed by atoms with E-state index >= 15 is 0 Å². The lowest BCUT2D eigenvalue weighted by atomic mass is 9.98. The number of hydrogen-bond donors (Lipinski definition) is 1. The van der Waals surface area contributed by atoms with Crippen molar-refractivity contribution in [2.24, 2.45) is 5.92 Å². The van der Waals surface area contributed by atoms with E-state index in [1.54, 1.807) is 4.90 Å². The fourth-order valence-electron chi connectivity index (χ4n) is 3.40. The van der Waals surface area contributed by atoms with Gasteiger partial charge in [-0.3, -0.25) is 9.59 Å². The zero-order valence-corrected chi connectivity index (χ0v) is 16.8. The first-order valence-electron chi connectivity index (χ1n) is 9.95. The van der Waals surface area contributed by atoms with Crippen molar-refractivity contribution in [3.8, 4) is 5.75 Å². The number of rotatable bonds is 7. The van der Waals surface area contributed by atoms with Crippen molar-refractivity contribution >= 4 is 23.2 Å². The highest BCUT2D eigenvalue weighted by molar-refractivity contribution is 6.03. The molecule has 1 saturated heterocycles. The van der Waals surface area contributed by atoms with E-state index < -0.39 is 0 Å². The second-order valence-electron chi connectivity index (χ2n) is 7.25. The van der Waals surface area contributed by atoms with Gasteiger partial charge in [-0.15, -0.1) is 0 Å². The summed E-state index contributed by atoms with van der Waals surface area (Å²) in [7, 11) is 0. The molecule has 28 heavy (non-hydrogen) atoms. The minimum atomic E-state index is -0.353. The van der Waals surface area contributed by atoms with E-state index in [0.717, 1.165) is 23.5 Å². The summed E-state index contributed by atoms with van der Waals surface area (Å²) >= 11 is 0. The number of carbonyl (C=O) groups excluding carboxylic acids is 2. The van der Waals surface area contributed by atoms with Gasteiger partial charge in [-0.2, -0.15) is 0 Å². The molecule has 0 radical (unpaired) electrons. The fourth-order valence-corrected chi connectivity index (χ4v) is 3.40. The first-order chi connectivity index (χ1) is 13.5. The van der Waals surface area contributed by atoms with Crippen LogP contribution in [-0.4, -0.2) is 25.0 Å². The Morgan fingerprint density at radius 2 is 1.82 bits per heavy atom. The number of ether oxygens (including phenoxy) is 1. The number of anilines is 2. The van der Waals surface area contributed by atoms with Crippen LogP contribution in [0.3, 0.4) is 0 Å². The normalized spacial score (nSPS) is 17.5. The average Bonchev–Trinajstić information content (AvgIpc) is 3.10. The molecule has 2 amide bonds. The molecule has 1 N–H and O–H groups in total. The summed E-state index contributed by atoms with van der Waals surface area (Å²) in [6, 6.07) is 15.4. The molecule has 2 aromatic carbocycles. The Balaban J connectivity index is 1.61. The largest absolute Gasteiger partial charge is 0.494 e. The van der Waals surface area contributed by atoms with E-state index in [9.17, 15) is 9.59 Å². The van der Waals surface area contributed by atoms with E-state index in [2.05, 4.69) is 31.3 Å². The standard InChI is InChI=1S/C23H28N2O3/c1-4-16(3)17-6-8-19(9-7-17)24-23(27)18-14-22(26)25(15-18)20-10-12-21(13-11-20)28-5-2/h6-13,16,18H,4-5,14-15H2,1-3H3,(H,24,27)/t16-,18-/m0/s1. The molecular formula is C23H28N2O3. The third-order valence-electron chi connectivity index (χ3n) is 5.31. The first kappa shape index (κ1) is 19.9. The molecule has 1 heterocycles. The highest BCUT2D eigenvalue weighted by Crippen LogP contribution is 2.28. The molecule has 0 saturated carbocycles. The number of hydrogen-bond acceptors (Lipinski definition) is 3. The van der Waals surface area contributed by atoms with Crippen LogP contribution in [-0.2, 0) is 9.59 Å². The van der Waals surface area contributed by atoms with Crippen molar-refractivity contribution in [3.63, 3.8) is 0 Å². The molecule has 1 aliphatic rings. The smallest absolute Gasteiger partial charge is 0.229 e. The Bertz CT molecular complexity index is 815. The quantitative estimate of drug-likeness (QED) is 0.764. The van der Waals surface area contributed by atoms with Crippen molar-refractivity contribution in [1.82, 2.24) is 0 Å². The molecule has 5 heteroatoms. The molecule has 0 aliphatic carbocycles. The molecule has 2 atom stereocenters. The Hall–Kier alpha value is -2.82. The number of nitrogens with zero attached hydrogens (tertiary/aromatic N) is 1. The maximum Gasteiger partial charge on any atom is 0.229 e. The van der Waals surface area contributed by atoms with Crippen molar-refractivity contribution in [3.05, 3.63) is 54.1 Å². The van der Waals surface area contributed by atoms with Crippen molar-refractivity contribution < 1.29 is 14.3 Å². The number of carbonyl (C=O) groups is 2. The summed E-state index contributed by atoms with van der Waals surface area (Å²) in [6.45, 7) is 7.27. The van der Waals surface area contributed by atoms with Gasteiger partial charge in [-0.05, 0) is 61.2 Å². The highest BCUT2D eigenvalue weighted by atomic mass is 16.5. The molecule has 1 fully saturated rings. The van der Waals surface area contributed by atoms with Gasteiger partial charge < -0.3 is 15.0 Å². The Morgan fingerprint density at radius 1 is 1.14 bits per heavy atom. The average molecular weight is 380 g/mol. The fraction of sp³-hybridized carbons (Fsp3) is 0.391. The number of benzene rings is 2. The van der Waals surface area contributed by atoms with Gasteiger partial charge in [0.2, 0.25) is 11.8 Å². The molecule has 0 aromatic heterocycles. The Morgan fingerprint density at radius 3 is 2.43 bits per heavy atom. The molecule has 0 bridgehead atoms. The van der Waals surface area contributed by atoms with Crippen LogP contribution < -0.4 is 15.0 Å². The minimum absolute atomic E-state index is 0.0311. The van der Waals surface area contributed by atoms with Crippen LogP contribution in [0.25, 0.3) is 0 Å². The van der Waals surface area contributed by atoms with Crippen LogP contribution in [0.1, 0.15) is 45.1 Å². The summed E-state index contributed by atoms with van der Waals surface area (Å²) in [5, 5.41) is 2.95. The van der Waals surface area contributed by atoms with Gasteiger partial charge in [-0.25, -0.2) is 0 Å². The third-order valence-corrected chi connectivity index (χ3v) is 5.31. The molecule has 1 aliphatic heterocycles. The summed E-state index contributed by atoms with van der Waals surface area (Å²) in [4.78, 5) is 26.7. The highest BCUT2D eigenvalue weighted by Gasteiger charge is 2.35.